The van der Waals surface area contributed by atoms with Crippen molar-refractivity contribution in [3.63, 3.8) is 0 Å². The molecule has 3 nitrogen and oxygen atoms in total. The molecule has 2 N–H and O–H groups in total. The molecule has 0 aliphatic heterocycles. The van der Waals surface area contributed by atoms with Gasteiger partial charge in [0.25, 0.3) is 0 Å². The Morgan fingerprint density at radius 3 is 2.87 bits per heavy atom. The first-order chi connectivity index (χ1) is 7.25. The van der Waals surface area contributed by atoms with Gasteiger partial charge in [0.15, 0.2) is 0 Å². The predicted octanol–water partition coefficient (Wildman–Crippen LogP) is 3.09. The van der Waals surface area contributed by atoms with Crippen LogP contribution in [0.3, 0.4) is 0 Å². The average molecular weight is 224 g/mol. The van der Waals surface area contributed by atoms with Gasteiger partial charge in [-0.2, -0.15) is 0 Å². The van der Waals surface area contributed by atoms with Gasteiger partial charge in [0.1, 0.15) is 18.1 Å². The molecule has 2 aromatic rings. The molecule has 0 amide bonds. The van der Waals surface area contributed by atoms with E-state index in [0.29, 0.717) is 23.1 Å². The largest absolute Gasteiger partial charge is 0.484 e. The van der Waals surface area contributed by atoms with E-state index in [0.717, 1.165) is 5.76 Å². The number of hydrogen-bond donors (Lipinski definition) is 1. The van der Waals surface area contributed by atoms with E-state index in [1.807, 2.05) is 12.1 Å². The Kier molecular flexibility index (Phi) is 2.83. The van der Waals surface area contributed by atoms with Gasteiger partial charge >= 0.3 is 0 Å². The van der Waals surface area contributed by atoms with E-state index in [2.05, 4.69) is 0 Å². The molecule has 0 aliphatic rings. The van der Waals surface area contributed by atoms with Crippen LogP contribution < -0.4 is 10.5 Å². The molecular formula is C11H10ClNO2. The van der Waals surface area contributed by atoms with Crippen molar-refractivity contribution in [3.8, 4) is 5.75 Å². The van der Waals surface area contributed by atoms with E-state index in [-0.39, 0.29) is 0 Å². The minimum Gasteiger partial charge on any atom is -0.484 e. The molecule has 1 aromatic carbocycles. The van der Waals surface area contributed by atoms with Crippen LogP contribution in [0.15, 0.2) is 41.0 Å². The molecule has 0 atom stereocenters. The molecule has 0 saturated carbocycles. The second-order valence-electron chi connectivity index (χ2n) is 3.06. The molecule has 2 rings (SSSR count). The van der Waals surface area contributed by atoms with Crippen LogP contribution in [0.1, 0.15) is 5.76 Å². The monoisotopic (exact) mass is 223 g/mol. The minimum atomic E-state index is 0.358. The quantitative estimate of drug-likeness (QED) is 0.814. The van der Waals surface area contributed by atoms with Crippen molar-refractivity contribution < 1.29 is 9.15 Å². The molecule has 0 bridgehead atoms. The van der Waals surface area contributed by atoms with Crippen molar-refractivity contribution in [2.45, 2.75) is 6.61 Å². The lowest BCUT2D eigenvalue weighted by Gasteiger charge is -2.06. The van der Waals surface area contributed by atoms with Crippen LogP contribution in [-0.4, -0.2) is 0 Å². The summed E-state index contributed by atoms with van der Waals surface area (Å²) in [5.74, 6) is 1.35. The van der Waals surface area contributed by atoms with Gasteiger partial charge in [-0.15, -0.1) is 0 Å². The third kappa shape index (κ3) is 2.44. The fourth-order valence-corrected chi connectivity index (χ4v) is 1.42. The van der Waals surface area contributed by atoms with Gasteiger partial charge in [-0.25, -0.2) is 0 Å². The first-order valence-electron chi connectivity index (χ1n) is 4.46. The third-order valence-corrected chi connectivity index (χ3v) is 2.20. The summed E-state index contributed by atoms with van der Waals surface area (Å²) in [4.78, 5) is 0. The second kappa shape index (κ2) is 4.28. The number of anilines is 1. The molecule has 0 fully saturated rings. The Bertz CT molecular complexity index is 440. The Morgan fingerprint density at radius 1 is 1.33 bits per heavy atom. The number of ether oxygens (including phenoxy) is 1. The van der Waals surface area contributed by atoms with Gasteiger partial charge in [-0.05, 0) is 30.3 Å². The zero-order chi connectivity index (χ0) is 10.7. The van der Waals surface area contributed by atoms with Crippen LogP contribution in [0.2, 0.25) is 5.02 Å². The molecule has 1 heterocycles. The fourth-order valence-electron chi connectivity index (χ4n) is 1.18. The molecule has 4 heteroatoms. The summed E-state index contributed by atoms with van der Waals surface area (Å²) in [6.07, 6.45) is 1.60. The maximum atomic E-state index is 5.93. The fraction of sp³-hybridized carbons (Fsp3) is 0.0909. The van der Waals surface area contributed by atoms with E-state index < -0.39 is 0 Å². The lowest BCUT2D eigenvalue weighted by atomic mass is 10.3. The predicted molar refractivity (Wildman–Crippen MR) is 58.9 cm³/mol. The minimum absolute atomic E-state index is 0.358. The molecular weight excluding hydrogens is 214 g/mol. The van der Waals surface area contributed by atoms with Crippen LogP contribution in [0.25, 0.3) is 0 Å². The van der Waals surface area contributed by atoms with Gasteiger partial charge in [0.2, 0.25) is 0 Å². The number of furan rings is 1. The summed E-state index contributed by atoms with van der Waals surface area (Å²) in [7, 11) is 0. The molecule has 0 unspecified atom stereocenters. The Labute approximate surface area is 92.4 Å². The second-order valence-corrected chi connectivity index (χ2v) is 3.47. The van der Waals surface area contributed by atoms with E-state index in [1.54, 1.807) is 24.5 Å². The Balaban J connectivity index is 2.05. The molecule has 78 valence electrons. The van der Waals surface area contributed by atoms with E-state index in [9.17, 15) is 0 Å². The van der Waals surface area contributed by atoms with Crippen LogP contribution >= 0.6 is 11.6 Å². The number of nitrogen functional groups attached to an aromatic ring is 1. The molecule has 1 aromatic heterocycles. The van der Waals surface area contributed by atoms with Gasteiger partial charge < -0.3 is 14.9 Å². The number of rotatable bonds is 3. The Morgan fingerprint density at radius 2 is 2.20 bits per heavy atom. The summed E-state index contributed by atoms with van der Waals surface area (Å²) in [5.41, 5.74) is 6.18. The first kappa shape index (κ1) is 9.93. The van der Waals surface area contributed by atoms with Crippen molar-refractivity contribution in [1.82, 2.24) is 0 Å². The van der Waals surface area contributed by atoms with Crippen LogP contribution in [0.5, 0.6) is 5.75 Å². The topological polar surface area (TPSA) is 48.4 Å². The highest BCUT2D eigenvalue weighted by atomic mass is 35.5. The molecule has 0 spiro atoms. The summed E-state index contributed by atoms with van der Waals surface area (Å²) >= 11 is 5.93. The molecule has 0 radical (unpaired) electrons. The normalized spacial score (nSPS) is 10.2. The lowest BCUT2D eigenvalue weighted by Crippen LogP contribution is -1.95. The van der Waals surface area contributed by atoms with Gasteiger partial charge in [-0.1, -0.05) is 11.6 Å². The van der Waals surface area contributed by atoms with Crippen LogP contribution in [0.4, 0.5) is 5.69 Å². The number of benzene rings is 1. The summed E-state index contributed by atoms with van der Waals surface area (Å²) in [6.45, 7) is 0.358. The Hall–Kier alpha value is -1.61. The highest BCUT2D eigenvalue weighted by molar-refractivity contribution is 6.32. The maximum Gasteiger partial charge on any atom is 0.146 e. The number of hydrogen-bond acceptors (Lipinski definition) is 3. The van der Waals surface area contributed by atoms with Crippen molar-refractivity contribution in [1.29, 1.82) is 0 Å². The van der Waals surface area contributed by atoms with E-state index in [4.69, 9.17) is 26.5 Å². The highest BCUT2D eigenvalue weighted by Gasteiger charge is 2.03. The molecule has 0 saturated heterocycles. The number of halogens is 1. The van der Waals surface area contributed by atoms with Crippen molar-refractivity contribution in [2.75, 3.05) is 5.73 Å². The summed E-state index contributed by atoms with van der Waals surface area (Å²) in [6, 6.07) is 8.78. The smallest absolute Gasteiger partial charge is 0.146 e. The highest BCUT2D eigenvalue weighted by Crippen LogP contribution is 2.27. The van der Waals surface area contributed by atoms with E-state index >= 15 is 0 Å². The van der Waals surface area contributed by atoms with Crippen molar-refractivity contribution in [3.05, 3.63) is 47.4 Å². The summed E-state index contributed by atoms with van der Waals surface area (Å²) < 4.78 is 10.6. The summed E-state index contributed by atoms with van der Waals surface area (Å²) in [5, 5.41) is 0.501. The first-order valence-corrected chi connectivity index (χ1v) is 4.84. The zero-order valence-electron chi connectivity index (χ0n) is 7.94. The van der Waals surface area contributed by atoms with Crippen LogP contribution in [-0.2, 0) is 6.61 Å². The van der Waals surface area contributed by atoms with Gasteiger partial charge in [0, 0.05) is 5.69 Å². The standard InChI is InChI=1S/C11H10ClNO2/c12-10-6-8(13)3-4-11(10)15-7-9-2-1-5-14-9/h1-6H,7,13H2. The van der Waals surface area contributed by atoms with Gasteiger partial charge in [0.05, 0.1) is 11.3 Å². The van der Waals surface area contributed by atoms with E-state index in [1.165, 1.54) is 0 Å². The van der Waals surface area contributed by atoms with Crippen molar-refractivity contribution >= 4 is 17.3 Å². The SMILES string of the molecule is Nc1ccc(OCc2ccco2)c(Cl)c1. The maximum absolute atomic E-state index is 5.93. The van der Waals surface area contributed by atoms with Gasteiger partial charge in [-0.3, -0.25) is 0 Å². The average Bonchev–Trinajstić information content (AvgIpc) is 2.69. The van der Waals surface area contributed by atoms with Crippen molar-refractivity contribution in [2.24, 2.45) is 0 Å². The number of nitrogens with two attached hydrogens (primary N) is 1. The third-order valence-electron chi connectivity index (χ3n) is 1.91. The molecule has 0 aliphatic carbocycles. The lowest BCUT2D eigenvalue weighted by molar-refractivity contribution is 0.270. The van der Waals surface area contributed by atoms with Crippen LogP contribution in [0, 0.1) is 0 Å². The zero-order valence-corrected chi connectivity index (χ0v) is 8.70. The molecule has 15 heavy (non-hydrogen) atoms.